The number of aryl methyl sites for hydroxylation is 1. The SMILES string of the molecule is CCn1c(-c2cccc(NS(C)(=O)=O)c2)nn2cc(C(=O)OC3C(C)CC(C)CC3C)c(SOOC)c12.[C-]#[N+]C1=C(C(=O)OC)Cn2nc(-c3ccc(OC)c(NS(C)(=O)=O)c3)nc21. The van der Waals surface area contributed by atoms with E-state index in [4.69, 9.17) is 30.4 Å². The molecule has 2 N–H and O–H groups in total. The Hall–Kier alpha value is -5.93. The molecule has 2 unspecified atom stereocenters. The van der Waals surface area contributed by atoms with Crippen LogP contribution in [0.5, 0.6) is 5.75 Å². The maximum Gasteiger partial charge on any atom is 0.341 e. The Morgan fingerprint density at radius 2 is 1.62 bits per heavy atom. The second-order valence-electron chi connectivity index (χ2n) is 15.5. The summed E-state index contributed by atoms with van der Waals surface area (Å²) in [4.78, 5) is 38.3. The minimum Gasteiger partial charge on any atom is -0.495 e. The highest BCUT2D eigenvalue weighted by Crippen LogP contribution is 2.39. The molecule has 7 rings (SSSR count). The topological polar surface area (TPSA) is 230 Å². The fourth-order valence-corrected chi connectivity index (χ4v) is 9.80. The lowest BCUT2D eigenvalue weighted by Crippen LogP contribution is -2.37. The van der Waals surface area contributed by atoms with Crippen LogP contribution in [-0.2, 0) is 56.6 Å². The molecule has 64 heavy (non-hydrogen) atoms. The van der Waals surface area contributed by atoms with Gasteiger partial charge in [0.15, 0.2) is 23.1 Å². The third-order valence-corrected chi connectivity index (χ3v) is 12.4. The first-order chi connectivity index (χ1) is 30.3. The summed E-state index contributed by atoms with van der Waals surface area (Å²) in [6, 6.07) is 11.8. The molecule has 5 aromatic rings. The van der Waals surface area contributed by atoms with E-state index in [1.165, 1.54) is 32.1 Å². The van der Waals surface area contributed by atoms with E-state index in [1.54, 1.807) is 41.0 Å². The molecule has 3 aromatic heterocycles. The lowest BCUT2D eigenvalue weighted by Gasteiger charge is -2.37. The van der Waals surface area contributed by atoms with Gasteiger partial charge in [-0.25, -0.2) is 45.7 Å². The summed E-state index contributed by atoms with van der Waals surface area (Å²) < 4.78 is 77.5. The number of nitrogens with one attached hydrogen (secondary N) is 2. The molecular formula is C41H49N9O11S3. The Bertz CT molecular complexity index is 2870. The summed E-state index contributed by atoms with van der Waals surface area (Å²) in [5, 5.41) is 9.05. The second kappa shape index (κ2) is 19.4. The lowest BCUT2D eigenvalue weighted by molar-refractivity contribution is -0.160. The van der Waals surface area contributed by atoms with Crippen molar-refractivity contribution in [2.24, 2.45) is 17.8 Å². The minimum atomic E-state index is -3.51. The van der Waals surface area contributed by atoms with E-state index in [-0.39, 0.29) is 53.1 Å². The number of rotatable bonds is 14. The first kappa shape index (κ1) is 47.5. The molecule has 0 radical (unpaired) electrons. The molecule has 0 bridgehead atoms. The van der Waals surface area contributed by atoms with E-state index < -0.39 is 32.0 Å². The van der Waals surface area contributed by atoms with E-state index in [0.717, 1.165) is 37.4 Å². The van der Waals surface area contributed by atoms with Crippen LogP contribution in [0.4, 0.5) is 11.4 Å². The number of sulfonamides is 2. The zero-order chi connectivity index (χ0) is 46.7. The van der Waals surface area contributed by atoms with Crippen molar-refractivity contribution in [3.05, 3.63) is 77.0 Å². The molecule has 342 valence electrons. The van der Waals surface area contributed by atoms with E-state index in [2.05, 4.69) is 49.9 Å². The van der Waals surface area contributed by atoms with E-state index >= 15 is 0 Å². The third-order valence-electron chi connectivity index (χ3n) is 10.5. The molecular weight excluding hydrogens is 891 g/mol. The molecule has 20 nitrogen and oxygen atoms in total. The molecule has 0 spiro atoms. The van der Waals surface area contributed by atoms with E-state index in [1.807, 2.05) is 17.6 Å². The number of aromatic nitrogens is 6. The average molecular weight is 940 g/mol. The van der Waals surface area contributed by atoms with E-state index in [0.29, 0.717) is 57.0 Å². The van der Waals surface area contributed by atoms with Crippen molar-refractivity contribution in [1.82, 2.24) is 28.9 Å². The Morgan fingerprint density at radius 1 is 0.922 bits per heavy atom. The van der Waals surface area contributed by atoms with Crippen LogP contribution in [-0.4, -0.2) is 97.7 Å². The number of esters is 2. The van der Waals surface area contributed by atoms with Crippen LogP contribution >= 0.6 is 12.0 Å². The number of hydrogen-bond acceptors (Lipinski definition) is 15. The smallest absolute Gasteiger partial charge is 0.341 e. The zero-order valence-electron chi connectivity index (χ0n) is 36.6. The van der Waals surface area contributed by atoms with Crippen LogP contribution < -0.4 is 14.2 Å². The molecule has 2 atom stereocenters. The van der Waals surface area contributed by atoms with Crippen LogP contribution in [0.15, 0.2) is 59.1 Å². The Balaban J connectivity index is 0.000000223. The summed E-state index contributed by atoms with van der Waals surface area (Å²) >= 11 is 0.928. The van der Waals surface area contributed by atoms with Crippen molar-refractivity contribution >= 4 is 66.7 Å². The standard InChI is InChI=1S/C25H34N4O6S2.C16H15N5O5S/c1-7-28-23(18-9-8-10-19(13-18)27-37(6,31)32)26-29-14-20(22(24(28)29)36-35-33-5)25(30)34-21-16(3)11-15(2)12-17(21)4;1-17-13-10(16(22)26-3)8-21-15(13)18-14(19-21)9-5-6-12(25-2)11(7-9)20-27(4,23)24/h8-10,13-17,21,27H,7,11-12H2,1-6H3;5-7,20H,8H2,2-4H3. The quantitative estimate of drug-likeness (QED) is 0.0418. The first-order valence-electron chi connectivity index (χ1n) is 19.9. The van der Waals surface area contributed by atoms with Gasteiger partial charge in [-0.05, 0) is 67.9 Å². The molecule has 1 aliphatic heterocycles. The Kier molecular flexibility index (Phi) is 14.4. The predicted octanol–water partition coefficient (Wildman–Crippen LogP) is 6.15. The van der Waals surface area contributed by atoms with Gasteiger partial charge in [0.25, 0.3) is 0 Å². The summed E-state index contributed by atoms with van der Waals surface area (Å²) in [5.74, 6) is 1.62. The summed E-state index contributed by atoms with van der Waals surface area (Å²) in [7, 11) is -2.88. The van der Waals surface area contributed by atoms with Gasteiger partial charge >= 0.3 is 11.9 Å². The molecule has 2 aromatic carbocycles. The third kappa shape index (κ3) is 10.5. The van der Waals surface area contributed by atoms with Gasteiger partial charge in [0, 0.05) is 29.6 Å². The maximum atomic E-state index is 13.4. The van der Waals surface area contributed by atoms with Gasteiger partial charge in [-0.2, -0.15) is 9.43 Å². The second-order valence-corrected chi connectivity index (χ2v) is 19.7. The Morgan fingerprint density at radius 3 is 2.23 bits per heavy atom. The largest absolute Gasteiger partial charge is 0.495 e. The van der Waals surface area contributed by atoms with Gasteiger partial charge < -0.3 is 18.8 Å². The summed E-state index contributed by atoms with van der Waals surface area (Å²) in [6.07, 6.45) is 5.66. The molecule has 1 aliphatic carbocycles. The number of ether oxygens (including phenoxy) is 3. The summed E-state index contributed by atoms with van der Waals surface area (Å²) in [5.41, 5.74) is 3.19. The van der Waals surface area contributed by atoms with Gasteiger partial charge in [-0.3, -0.25) is 14.1 Å². The first-order valence-corrected chi connectivity index (χ1v) is 24.4. The number of fused-ring (bicyclic) bond motifs is 2. The number of carbonyl (C=O) groups is 2. The highest BCUT2D eigenvalue weighted by Gasteiger charge is 2.36. The van der Waals surface area contributed by atoms with E-state index in [9.17, 15) is 26.4 Å². The molecule has 1 saturated carbocycles. The van der Waals surface area contributed by atoms with Crippen molar-refractivity contribution in [1.29, 1.82) is 0 Å². The number of carbonyl (C=O) groups excluding carboxylic acids is 2. The van der Waals surface area contributed by atoms with Crippen LogP contribution in [0.3, 0.4) is 0 Å². The zero-order valence-corrected chi connectivity index (χ0v) is 39.1. The van der Waals surface area contributed by atoms with Crippen molar-refractivity contribution in [2.45, 2.75) is 64.6 Å². The van der Waals surface area contributed by atoms with Crippen LogP contribution in [0, 0.1) is 24.3 Å². The van der Waals surface area contributed by atoms with Gasteiger partial charge in [0.05, 0.1) is 80.7 Å². The lowest BCUT2D eigenvalue weighted by atomic mass is 9.75. The number of hydrogen-bond donors (Lipinski definition) is 2. The number of benzene rings is 2. The maximum absolute atomic E-state index is 13.4. The van der Waals surface area contributed by atoms with Gasteiger partial charge in [-0.1, -0.05) is 32.9 Å². The molecule has 1 fully saturated rings. The van der Waals surface area contributed by atoms with Crippen molar-refractivity contribution < 1.29 is 49.9 Å². The summed E-state index contributed by atoms with van der Waals surface area (Å²) in [6.45, 7) is 16.4. The van der Waals surface area contributed by atoms with Gasteiger partial charge in [0.2, 0.25) is 25.7 Å². The fourth-order valence-electron chi connectivity index (χ4n) is 8.04. The highest BCUT2D eigenvalue weighted by atomic mass is 32.2. The fraction of sp³-hybridized carbons (Fsp3) is 0.415. The number of anilines is 2. The minimum absolute atomic E-state index is 0.0807. The Labute approximate surface area is 375 Å². The molecule has 23 heteroatoms. The predicted molar refractivity (Wildman–Crippen MR) is 239 cm³/mol. The van der Waals surface area contributed by atoms with Crippen molar-refractivity contribution in [3.8, 4) is 28.5 Å². The normalized spacial score (nSPS) is 18.4. The number of nitrogens with zero attached hydrogens (tertiary/aromatic N) is 7. The van der Waals surface area contributed by atoms with Gasteiger partial charge in [-0.15, -0.1) is 5.10 Å². The molecule has 0 saturated heterocycles. The van der Waals surface area contributed by atoms with Crippen molar-refractivity contribution in [2.75, 3.05) is 43.3 Å². The molecule has 4 heterocycles. The van der Waals surface area contributed by atoms with Crippen LogP contribution in [0.2, 0.25) is 0 Å². The monoisotopic (exact) mass is 939 g/mol. The molecule has 2 aliphatic rings. The number of methoxy groups -OCH3 is 2. The average Bonchev–Trinajstić information content (AvgIpc) is 3.99. The molecule has 0 amide bonds. The van der Waals surface area contributed by atoms with Crippen molar-refractivity contribution in [3.63, 3.8) is 0 Å². The van der Waals surface area contributed by atoms with Crippen LogP contribution in [0.25, 0.3) is 39.0 Å². The van der Waals surface area contributed by atoms with Crippen LogP contribution in [0.1, 0.15) is 56.7 Å². The highest BCUT2D eigenvalue weighted by molar-refractivity contribution is 7.95. The van der Waals surface area contributed by atoms with Gasteiger partial charge in [0.1, 0.15) is 11.9 Å².